The average Bonchev–Trinajstić information content (AvgIpc) is 3.45. The summed E-state index contributed by atoms with van der Waals surface area (Å²) in [6, 6.07) is -0.610. The fourth-order valence-electron chi connectivity index (χ4n) is 4.91. The highest BCUT2D eigenvalue weighted by Crippen LogP contribution is 2.45. The number of nitrogens with zero attached hydrogens (tertiary/aromatic N) is 5. The standard InChI is InChI=1S/C20H25F2N7O4S/c1-23-16(30)26-17-24-12-7-11-8-28(19(31)32-2)9-13(14(12)34-17)29(11)18-25-15(27-33-18)10-3-5-20(21,22)6-4-10/h10-11,13H,3-9H2,1-2H3,(H2,23,24,26,30). The summed E-state index contributed by atoms with van der Waals surface area (Å²) in [5, 5.41) is 9.77. The molecule has 2 atom stereocenters. The van der Waals surface area contributed by atoms with E-state index in [-0.39, 0.29) is 36.9 Å². The van der Waals surface area contributed by atoms with Crippen molar-refractivity contribution in [3.05, 3.63) is 16.4 Å². The number of hydrogen-bond acceptors (Lipinski definition) is 9. The molecular formula is C20H25F2N7O4S. The molecule has 1 saturated heterocycles. The third kappa shape index (κ3) is 4.14. The first-order chi connectivity index (χ1) is 16.3. The Bertz CT molecular complexity index is 1080. The number of nitrogens with one attached hydrogen (secondary N) is 2. The fourth-order valence-corrected chi connectivity index (χ4v) is 5.99. The van der Waals surface area contributed by atoms with Crippen LogP contribution < -0.4 is 15.5 Å². The van der Waals surface area contributed by atoms with Gasteiger partial charge in [0.1, 0.15) is 0 Å². The van der Waals surface area contributed by atoms with Crippen molar-refractivity contribution in [2.24, 2.45) is 0 Å². The number of aromatic nitrogens is 3. The Kier molecular flexibility index (Phi) is 5.78. The van der Waals surface area contributed by atoms with Crippen LogP contribution in [0, 0.1) is 0 Å². The summed E-state index contributed by atoms with van der Waals surface area (Å²) in [6.07, 6.45) is 0.316. The lowest BCUT2D eigenvalue weighted by molar-refractivity contribution is -0.0389. The average molecular weight is 498 g/mol. The van der Waals surface area contributed by atoms with Gasteiger partial charge in [0.05, 0.1) is 29.8 Å². The number of halogens is 2. The molecule has 3 aliphatic rings. The molecule has 2 unspecified atom stereocenters. The molecule has 2 aromatic rings. The van der Waals surface area contributed by atoms with Crippen molar-refractivity contribution in [2.45, 2.75) is 56.0 Å². The van der Waals surface area contributed by atoms with Crippen molar-refractivity contribution in [1.29, 1.82) is 0 Å². The van der Waals surface area contributed by atoms with Gasteiger partial charge in [-0.2, -0.15) is 4.98 Å². The van der Waals surface area contributed by atoms with Gasteiger partial charge in [-0.3, -0.25) is 5.32 Å². The van der Waals surface area contributed by atoms with E-state index in [1.807, 2.05) is 4.90 Å². The number of thiazole rings is 1. The number of urea groups is 1. The number of alkyl halides is 2. The highest BCUT2D eigenvalue weighted by molar-refractivity contribution is 7.16. The van der Waals surface area contributed by atoms with Gasteiger partial charge in [0.15, 0.2) is 11.0 Å². The number of carbonyl (C=O) groups is 2. The van der Waals surface area contributed by atoms with Crippen LogP contribution in [-0.2, 0) is 11.2 Å². The zero-order valence-corrected chi connectivity index (χ0v) is 19.5. The summed E-state index contributed by atoms with van der Waals surface area (Å²) in [6.45, 7) is 0.677. The van der Waals surface area contributed by atoms with E-state index in [9.17, 15) is 18.4 Å². The SMILES string of the molecule is CNC(=O)Nc1nc2c(s1)C1CN(C(=O)OC)CC(C2)N1c1nc(C2CCC(F)(F)CC2)no1. The van der Waals surface area contributed by atoms with Gasteiger partial charge >= 0.3 is 18.1 Å². The van der Waals surface area contributed by atoms with Crippen LogP contribution >= 0.6 is 11.3 Å². The van der Waals surface area contributed by atoms with E-state index in [0.29, 0.717) is 49.3 Å². The quantitative estimate of drug-likeness (QED) is 0.663. The molecule has 5 rings (SSSR count). The lowest BCUT2D eigenvalue weighted by Gasteiger charge is -2.47. The maximum absolute atomic E-state index is 13.6. The zero-order valence-electron chi connectivity index (χ0n) is 18.7. The van der Waals surface area contributed by atoms with Crippen LogP contribution in [0.3, 0.4) is 0 Å². The highest BCUT2D eigenvalue weighted by atomic mass is 32.1. The van der Waals surface area contributed by atoms with E-state index in [0.717, 1.165) is 10.6 Å². The van der Waals surface area contributed by atoms with Gasteiger partial charge in [0.25, 0.3) is 0 Å². The number of rotatable bonds is 3. The Labute approximate surface area is 197 Å². The maximum Gasteiger partial charge on any atom is 0.409 e. The molecule has 1 aliphatic carbocycles. The Balaban J connectivity index is 1.43. The molecule has 2 bridgehead atoms. The molecule has 2 aromatic heterocycles. The largest absolute Gasteiger partial charge is 0.453 e. The first-order valence-corrected chi connectivity index (χ1v) is 11.9. The van der Waals surface area contributed by atoms with Crippen molar-refractivity contribution >= 4 is 34.6 Å². The molecule has 2 fully saturated rings. The van der Waals surface area contributed by atoms with Crippen LogP contribution in [0.15, 0.2) is 4.52 Å². The summed E-state index contributed by atoms with van der Waals surface area (Å²) in [5.41, 5.74) is 0.849. The summed E-state index contributed by atoms with van der Waals surface area (Å²) >= 11 is 1.33. The van der Waals surface area contributed by atoms with Gasteiger partial charge in [0.2, 0.25) is 5.92 Å². The van der Waals surface area contributed by atoms with E-state index < -0.39 is 12.0 Å². The number of anilines is 2. The van der Waals surface area contributed by atoms with Crippen LogP contribution in [0.4, 0.5) is 29.5 Å². The van der Waals surface area contributed by atoms with Crippen LogP contribution in [0.5, 0.6) is 0 Å². The van der Waals surface area contributed by atoms with Gasteiger partial charge < -0.3 is 24.4 Å². The predicted molar refractivity (Wildman–Crippen MR) is 117 cm³/mol. The maximum atomic E-state index is 13.6. The molecule has 14 heteroatoms. The minimum Gasteiger partial charge on any atom is -0.453 e. The second-order valence-electron chi connectivity index (χ2n) is 8.76. The Hall–Kier alpha value is -3.03. The second-order valence-corrected chi connectivity index (χ2v) is 9.79. The molecule has 3 amide bonds. The molecule has 0 spiro atoms. The van der Waals surface area contributed by atoms with Crippen LogP contribution in [-0.4, -0.2) is 71.4 Å². The van der Waals surface area contributed by atoms with Crippen molar-refractivity contribution in [2.75, 3.05) is 37.5 Å². The van der Waals surface area contributed by atoms with E-state index in [2.05, 4.69) is 25.8 Å². The smallest absolute Gasteiger partial charge is 0.409 e. The monoisotopic (exact) mass is 497 g/mol. The molecule has 2 aliphatic heterocycles. The number of amides is 3. The van der Waals surface area contributed by atoms with E-state index in [4.69, 9.17) is 9.26 Å². The number of piperazine rings is 1. The number of methoxy groups -OCH3 is 1. The molecule has 184 valence electrons. The number of hydrogen-bond donors (Lipinski definition) is 2. The molecular weight excluding hydrogens is 472 g/mol. The highest BCUT2D eigenvalue weighted by Gasteiger charge is 2.46. The summed E-state index contributed by atoms with van der Waals surface area (Å²) in [5.74, 6) is -2.37. The van der Waals surface area contributed by atoms with Gasteiger partial charge in [0, 0.05) is 45.3 Å². The number of fused-ring (bicyclic) bond motifs is 4. The molecule has 0 aromatic carbocycles. The molecule has 11 nitrogen and oxygen atoms in total. The van der Waals surface area contributed by atoms with Crippen LogP contribution in [0.1, 0.15) is 54.0 Å². The number of carbonyl (C=O) groups excluding carboxylic acids is 2. The number of ether oxygens (including phenoxy) is 1. The van der Waals surface area contributed by atoms with Crippen molar-refractivity contribution in [3.63, 3.8) is 0 Å². The normalized spacial score (nSPS) is 23.9. The van der Waals surface area contributed by atoms with Gasteiger partial charge in [-0.1, -0.05) is 16.5 Å². The zero-order chi connectivity index (χ0) is 24.0. The first-order valence-electron chi connectivity index (χ1n) is 11.1. The predicted octanol–water partition coefficient (Wildman–Crippen LogP) is 3.12. The van der Waals surface area contributed by atoms with Crippen LogP contribution in [0.2, 0.25) is 0 Å². The summed E-state index contributed by atoms with van der Waals surface area (Å²) in [7, 11) is 2.86. The molecule has 1 saturated carbocycles. The second kappa shape index (κ2) is 8.64. The third-order valence-corrected chi connectivity index (χ3v) is 7.74. The van der Waals surface area contributed by atoms with Crippen LogP contribution in [0.25, 0.3) is 0 Å². The lowest BCUT2D eigenvalue weighted by Crippen LogP contribution is -2.59. The molecule has 2 N–H and O–H groups in total. The lowest BCUT2D eigenvalue weighted by atomic mass is 9.86. The Morgan fingerprint density at radius 1 is 1.24 bits per heavy atom. The first kappa shape index (κ1) is 22.7. The van der Waals surface area contributed by atoms with Gasteiger partial charge in [-0.05, 0) is 12.8 Å². The summed E-state index contributed by atoms with van der Waals surface area (Å²) < 4.78 is 37.7. The molecule has 34 heavy (non-hydrogen) atoms. The van der Waals surface area contributed by atoms with Crippen molar-refractivity contribution < 1.29 is 27.6 Å². The van der Waals surface area contributed by atoms with E-state index >= 15 is 0 Å². The van der Waals surface area contributed by atoms with E-state index in [1.54, 1.807) is 4.90 Å². The topological polar surface area (TPSA) is 126 Å². The van der Waals surface area contributed by atoms with Crippen molar-refractivity contribution in [1.82, 2.24) is 25.3 Å². The fraction of sp³-hybridized carbons (Fsp3) is 0.650. The van der Waals surface area contributed by atoms with E-state index in [1.165, 1.54) is 25.5 Å². The van der Waals surface area contributed by atoms with Gasteiger partial charge in [-0.15, -0.1) is 0 Å². The third-order valence-electron chi connectivity index (χ3n) is 6.63. The molecule has 4 heterocycles. The van der Waals surface area contributed by atoms with Gasteiger partial charge in [-0.25, -0.2) is 23.4 Å². The Morgan fingerprint density at radius 2 is 2.00 bits per heavy atom. The van der Waals surface area contributed by atoms with Crippen molar-refractivity contribution in [3.8, 4) is 0 Å². The molecule has 0 radical (unpaired) electrons. The summed E-state index contributed by atoms with van der Waals surface area (Å²) in [4.78, 5) is 37.7. The minimum absolute atomic E-state index is 0.171. The Morgan fingerprint density at radius 3 is 2.71 bits per heavy atom. The minimum atomic E-state index is -2.63.